The Morgan fingerprint density at radius 3 is 2.43 bits per heavy atom. The Morgan fingerprint density at radius 1 is 1.11 bits per heavy atom. The number of nitrogens with zero attached hydrogens (tertiary/aromatic N) is 2. The average molecular weight is 492 g/mol. The largest absolute Gasteiger partial charge is 0.550 e. The summed E-state index contributed by atoms with van der Waals surface area (Å²) in [5, 5.41) is 15.3. The monoisotopic (exact) mass is 491 g/mol. The van der Waals surface area contributed by atoms with Crippen molar-refractivity contribution >= 4 is 33.4 Å². The van der Waals surface area contributed by atoms with E-state index in [9.17, 15) is 14.7 Å². The van der Waals surface area contributed by atoms with E-state index in [4.69, 9.17) is 4.98 Å². The molecule has 0 saturated heterocycles. The van der Waals surface area contributed by atoms with Crippen LogP contribution < -0.4 is 10.4 Å². The fraction of sp³-hybridized carbons (Fsp3) is 0.464. The van der Waals surface area contributed by atoms with Crippen LogP contribution in [0, 0.1) is 11.3 Å². The molecule has 1 aromatic heterocycles. The predicted octanol–water partition coefficient (Wildman–Crippen LogP) is 3.04. The highest BCUT2D eigenvalue weighted by atomic mass is 32.1. The molecule has 2 aromatic carbocycles. The Labute approximate surface area is 210 Å². The summed E-state index contributed by atoms with van der Waals surface area (Å²) in [6, 6.07) is 14.3. The molecule has 1 N–H and O–H groups in total. The predicted molar refractivity (Wildman–Crippen MR) is 136 cm³/mol. The highest BCUT2D eigenvalue weighted by Crippen LogP contribution is 2.43. The van der Waals surface area contributed by atoms with Gasteiger partial charge in [0.1, 0.15) is 5.01 Å². The van der Waals surface area contributed by atoms with Gasteiger partial charge in [-0.15, -0.1) is 11.3 Å². The molecule has 2 aliphatic rings. The van der Waals surface area contributed by atoms with Gasteiger partial charge in [0.2, 0.25) is 5.91 Å². The Kier molecular flexibility index (Phi) is 6.18. The van der Waals surface area contributed by atoms with E-state index in [0.717, 1.165) is 36.8 Å². The van der Waals surface area contributed by atoms with Gasteiger partial charge in [-0.2, -0.15) is 0 Å². The number of hydrogen-bond donors (Lipinski definition) is 1. The first kappa shape index (κ1) is 23.9. The summed E-state index contributed by atoms with van der Waals surface area (Å²) < 4.78 is 2.15. The van der Waals surface area contributed by atoms with E-state index in [0.29, 0.717) is 25.3 Å². The minimum atomic E-state index is -1.19. The van der Waals surface area contributed by atoms with Crippen molar-refractivity contribution in [1.29, 1.82) is 0 Å². The summed E-state index contributed by atoms with van der Waals surface area (Å²) in [6.07, 6.45) is 3.04. The normalized spacial score (nSPS) is 20.9. The molecule has 0 atom stereocenters. The summed E-state index contributed by atoms with van der Waals surface area (Å²) in [6.45, 7) is 1.52. The summed E-state index contributed by atoms with van der Waals surface area (Å²) >= 11 is 1.60. The van der Waals surface area contributed by atoms with Crippen molar-refractivity contribution in [1.82, 2.24) is 10.3 Å². The third-order valence-electron chi connectivity index (χ3n) is 7.51. The van der Waals surface area contributed by atoms with Crippen LogP contribution in [0.2, 0.25) is 0 Å². The maximum atomic E-state index is 13.3. The van der Waals surface area contributed by atoms with Crippen molar-refractivity contribution in [3.05, 3.63) is 64.2 Å². The number of carboxylic acid groups (broad SMARTS) is 1. The summed E-state index contributed by atoms with van der Waals surface area (Å²) in [5.41, 5.74) is 3.40. The topological polar surface area (TPSA) is 82.1 Å². The second-order valence-corrected chi connectivity index (χ2v) is 12.6. The van der Waals surface area contributed by atoms with E-state index >= 15 is 0 Å². The Morgan fingerprint density at radius 2 is 1.80 bits per heavy atom. The smallest absolute Gasteiger partial charge is 0.227 e. The van der Waals surface area contributed by atoms with Crippen LogP contribution in [0.15, 0.2) is 42.5 Å². The van der Waals surface area contributed by atoms with E-state index in [1.807, 2.05) is 24.3 Å². The number of thiazole rings is 1. The van der Waals surface area contributed by atoms with E-state index in [2.05, 4.69) is 44.7 Å². The zero-order valence-electron chi connectivity index (χ0n) is 20.7. The summed E-state index contributed by atoms with van der Waals surface area (Å²) in [4.78, 5) is 29.5. The maximum Gasteiger partial charge on any atom is 0.227 e. The van der Waals surface area contributed by atoms with Gasteiger partial charge in [-0.05, 0) is 60.4 Å². The van der Waals surface area contributed by atoms with Crippen LogP contribution in [0.4, 0.5) is 0 Å². The molecule has 2 aliphatic carbocycles. The molecule has 6 nitrogen and oxygen atoms in total. The molecule has 1 saturated carbocycles. The van der Waals surface area contributed by atoms with Gasteiger partial charge in [0.25, 0.3) is 0 Å². The van der Waals surface area contributed by atoms with Gasteiger partial charge in [-0.1, -0.05) is 30.3 Å². The Hall–Kier alpha value is -2.77. The quantitative estimate of drug-likeness (QED) is 0.491. The fourth-order valence-electron chi connectivity index (χ4n) is 5.93. The molecule has 1 amide bonds. The lowest BCUT2D eigenvalue weighted by Crippen LogP contribution is -2.45. The number of aliphatic carboxylic acids is 1. The lowest BCUT2D eigenvalue weighted by atomic mass is 9.71. The molecule has 7 heteroatoms. The van der Waals surface area contributed by atoms with Crippen molar-refractivity contribution in [2.45, 2.75) is 44.6 Å². The van der Waals surface area contributed by atoms with Gasteiger partial charge in [0.15, 0.2) is 0 Å². The van der Waals surface area contributed by atoms with E-state index in [1.165, 1.54) is 24.9 Å². The van der Waals surface area contributed by atoms with Gasteiger partial charge >= 0.3 is 0 Å². The SMILES string of the molecule is C[N+](C)(C)C[C@H]1C[C@H](c2ccc3nc(CNC(=O)C4(CC(=O)[O-])Cc5ccccc5C4)sc3c2)C1. The Balaban J connectivity index is 1.24. The maximum absolute atomic E-state index is 13.3. The first-order chi connectivity index (χ1) is 16.6. The molecule has 1 heterocycles. The number of quaternary nitrogens is 1. The van der Waals surface area contributed by atoms with Gasteiger partial charge in [0, 0.05) is 18.3 Å². The molecule has 0 unspecified atom stereocenters. The minimum absolute atomic E-state index is 0.240. The third-order valence-corrected chi connectivity index (χ3v) is 8.53. The second kappa shape index (κ2) is 9.03. The molecular formula is C28H33N3O3S. The minimum Gasteiger partial charge on any atom is -0.550 e. The van der Waals surface area contributed by atoms with Crippen molar-refractivity contribution < 1.29 is 19.2 Å². The number of hydrogen-bond acceptors (Lipinski definition) is 5. The number of amides is 1. The summed E-state index contributed by atoms with van der Waals surface area (Å²) in [7, 11) is 6.76. The standard InChI is InChI=1S/C28H33N3O3S/c1-31(2,3)17-18-10-22(11-18)19-8-9-23-24(12-19)35-25(30-23)16-29-27(34)28(15-26(32)33)13-20-6-4-5-7-21(20)14-28/h4-9,12,18,22H,10-11,13-17H2,1-3H3,(H-,29,32,33,34)/t18-,22-. The molecule has 0 bridgehead atoms. The zero-order valence-corrected chi connectivity index (χ0v) is 21.5. The van der Waals surface area contributed by atoms with Gasteiger partial charge in [0.05, 0.1) is 49.9 Å². The molecule has 0 radical (unpaired) electrons. The van der Waals surface area contributed by atoms with Crippen LogP contribution in [0.3, 0.4) is 0 Å². The van der Waals surface area contributed by atoms with Crippen LogP contribution in [-0.2, 0) is 29.0 Å². The van der Waals surface area contributed by atoms with Gasteiger partial charge < -0.3 is 19.7 Å². The van der Waals surface area contributed by atoms with Crippen molar-refractivity contribution in [3.63, 3.8) is 0 Å². The highest BCUT2D eigenvalue weighted by Gasteiger charge is 2.43. The molecular weight excluding hydrogens is 458 g/mol. The first-order valence-electron chi connectivity index (χ1n) is 12.3. The van der Waals surface area contributed by atoms with Crippen LogP contribution >= 0.6 is 11.3 Å². The second-order valence-electron chi connectivity index (χ2n) is 11.5. The number of carbonyl (C=O) groups excluding carboxylic acids is 2. The lowest BCUT2D eigenvalue weighted by Gasteiger charge is -2.39. The fourth-order valence-corrected chi connectivity index (χ4v) is 6.89. The number of fused-ring (bicyclic) bond motifs is 2. The van der Waals surface area contributed by atoms with Crippen LogP contribution in [-0.4, -0.2) is 49.0 Å². The molecule has 35 heavy (non-hydrogen) atoms. The average Bonchev–Trinajstić information content (AvgIpc) is 3.33. The van der Waals surface area contributed by atoms with E-state index < -0.39 is 11.4 Å². The molecule has 0 spiro atoms. The number of nitrogens with one attached hydrogen (secondary N) is 1. The van der Waals surface area contributed by atoms with Crippen LogP contribution in [0.5, 0.6) is 0 Å². The number of carbonyl (C=O) groups is 2. The third kappa shape index (κ3) is 5.11. The number of carboxylic acids is 1. The molecule has 1 fully saturated rings. The lowest BCUT2D eigenvalue weighted by molar-refractivity contribution is -0.874. The highest BCUT2D eigenvalue weighted by molar-refractivity contribution is 7.18. The van der Waals surface area contributed by atoms with Gasteiger partial charge in [-0.25, -0.2) is 4.98 Å². The molecule has 3 aromatic rings. The molecule has 5 rings (SSSR count). The van der Waals surface area contributed by atoms with Crippen molar-refractivity contribution in [3.8, 4) is 0 Å². The van der Waals surface area contributed by atoms with Crippen molar-refractivity contribution in [2.24, 2.45) is 11.3 Å². The van der Waals surface area contributed by atoms with Gasteiger partial charge in [-0.3, -0.25) is 4.79 Å². The zero-order chi connectivity index (χ0) is 24.8. The van der Waals surface area contributed by atoms with Crippen LogP contribution in [0.25, 0.3) is 10.2 Å². The summed E-state index contributed by atoms with van der Waals surface area (Å²) in [5.74, 6) is -0.0246. The Bertz CT molecular complexity index is 1240. The van der Waals surface area contributed by atoms with E-state index in [-0.39, 0.29) is 12.3 Å². The van der Waals surface area contributed by atoms with Crippen molar-refractivity contribution in [2.75, 3.05) is 27.7 Å². The number of aromatic nitrogens is 1. The number of rotatable bonds is 8. The molecule has 184 valence electrons. The number of benzene rings is 2. The van der Waals surface area contributed by atoms with E-state index in [1.54, 1.807) is 11.3 Å². The first-order valence-corrected chi connectivity index (χ1v) is 13.2. The molecule has 0 aliphatic heterocycles. The van der Waals surface area contributed by atoms with Crippen LogP contribution in [0.1, 0.15) is 46.9 Å².